The van der Waals surface area contributed by atoms with Gasteiger partial charge in [0.2, 0.25) is 0 Å². The average Bonchev–Trinajstić information content (AvgIpc) is 2.62. The van der Waals surface area contributed by atoms with Crippen LogP contribution in [-0.4, -0.2) is 17.1 Å². The van der Waals surface area contributed by atoms with Gasteiger partial charge in [0.05, 0.1) is 18.5 Å². The molecular weight excluding hydrogens is 340 g/mol. The SMILES string of the molecule is COc1ccc(C)cc1Nc1ncnc(Nc2cc(F)ccc2F)c1N. The summed E-state index contributed by atoms with van der Waals surface area (Å²) in [5.74, 6) is -0.134. The van der Waals surface area contributed by atoms with Crippen LogP contribution in [0.4, 0.5) is 37.5 Å². The fourth-order valence-corrected chi connectivity index (χ4v) is 2.36. The third-order valence-corrected chi connectivity index (χ3v) is 3.67. The zero-order valence-electron chi connectivity index (χ0n) is 14.2. The Morgan fingerprint density at radius 2 is 1.65 bits per heavy atom. The van der Waals surface area contributed by atoms with E-state index in [1.54, 1.807) is 7.11 Å². The number of nitrogen functional groups attached to an aromatic ring is 1. The van der Waals surface area contributed by atoms with E-state index in [2.05, 4.69) is 20.6 Å². The molecule has 1 heterocycles. The van der Waals surface area contributed by atoms with Gasteiger partial charge in [0.25, 0.3) is 0 Å². The largest absolute Gasteiger partial charge is 0.495 e. The predicted octanol–water partition coefficient (Wildman–Crippen LogP) is 4.14. The number of rotatable bonds is 5. The third kappa shape index (κ3) is 3.64. The summed E-state index contributed by atoms with van der Waals surface area (Å²) in [5, 5.41) is 5.76. The Kier molecular flexibility index (Phi) is 4.83. The minimum absolute atomic E-state index is 0.0745. The van der Waals surface area contributed by atoms with Crippen molar-refractivity contribution in [2.24, 2.45) is 0 Å². The molecule has 4 N–H and O–H groups in total. The molecule has 0 saturated carbocycles. The summed E-state index contributed by atoms with van der Waals surface area (Å²) in [6.07, 6.45) is 1.26. The molecule has 0 aliphatic rings. The molecule has 0 fully saturated rings. The van der Waals surface area contributed by atoms with E-state index in [1.807, 2.05) is 25.1 Å². The molecule has 3 aromatic rings. The van der Waals surface area contributed by atoms with E-state index in [4.69, 9.17) is 10.5 Å². The first kappa shape index (κ1) is 17.4. The standard InChI is InChI=1S/C18H17F2N5O/c1-10-3-6-15(26-2)14(7-10)25-18-16(21)17(22-9-23-18)24-13-8-11(19)4-5-12(13)20/h3-9H,21H2,1-2H3,(H2,22,23,24,25). The van der Waals surface area contributed by atoms with Crippen LogP contribution < -0.4 is 21.1 Å². The summed E-state index contributed by atoms with van der Waals surface area (Å²) in [4.78, 5) is 8.11. The molecule has 0 aliphatic heterocycles. The Bertz CT molecular complexity index is 949. The number of aromatic nitrogens is 2. The molecule has 0 amide bonds. The van der Waals surface area contributed by atoms with Crippen LogP contribution >= 0.6 is 0 Å². The zero-order valence-corrected chi connectivity index (χ0v) is 14.2. The maximum absolute atomic E-state index is 13.8. The van der Waals surface area contributed by atoms with E-state index in [0.29, 0.717) is 17.3 Å². The van der Waals surface area contributed by atoms with E-state index in [0.717, 1.165) is 23.8 Å². The topological polar surface area (TPSA) is 85.1 Å². The first-order valence-corrected chi connectivity index (χ1v) is 7.72. The number of hydrogen-bond donors (Lipinski definition) is 3. The Hall–Kier alpha value is -3.42. The minimum Gasteiger partial charge on any atom is -0.495 e. The number of ether oxygens (including phenoxy) is 1. The van der Waals surface area contributed by atoms with E-state index in [-0.39, 0.29) is 17.2 Å². The lowest BCUT2D eigenvalue weighted by atomic mass is 10.2. The Balaban J connectivity index is 1.93. The second-order valence-corrected chi connectivity index (χ2v) is 5.56. The smallest absolute Gasteiger partial charge is 0.159 e. The highest BCUT2D eigenvalue weighted by Gasteiger charge is 2.13. The molecule has 0 bridgehead atoms. The van der Waals surface area contributed by atoms with Crippen molar-refractivity contribution in [3.8, 4) is 5.75 Å². The number of hydrogen-bond acceptors (Lipinski definition) is 6. The summed E-state index contributed by atoms with van der Waals surface area (Å²) in [7, 11) is 1.55. The van der Waals surface area contributed by atoms with Gasteiger partial charge >= 0.3 is 0 Å². The predicted molar refractivity (Wildman–Crippen MR) is 97.1 cm³/mol. The maximum Gasteiger partial charge on any atom is 0.159 e. The van der Waals surface area contributed by atoms with Crippen molar-refractivity contribution in [3.63, 3.8) is 0 Å². The average molecular weight is 357 g/mol. The minimum atomic E-state index is -0.626. The summed E-state index contributed by atoms with van der Waals surface area (Å²) in [6, 6.07) is 8.67. The van der Waals surface area contributed by atoms with Crippen molar-refractivity contribution in [1.29, 1.82) is 0 Å². The van der Waals surface area contributed by atoms with Crippen molar-refractivity contribution >= 4 is 28.7 Å². The van der Waals surface area contributed by atoms with Gasteiger partial charge in [0, 0.05) is 6.07 Å². The van der Waals surface area contributed by atoms with E-state index >= 15 is 0 Å². The van der Waals surface area contributed by atoms with Gasteiger partial charge in [0.15, 0.2) is 11.6 Å². The van der Waals surface area contributed by atoms with Crippen LogP contribution in [0.2, 0.25) is 0 Å². The molecule has 1 aromatic heterocycles. The van der Waals surface area contributed by atoms with Gasteiger partial charge < -0.3 is 21.1 Å². The molecule has 3 rings (SSSR count). The first-order valence-electron chi connectivity index (χ1n) is 7.72. The van der Waals surface area contributed by atoms with Gasteiger partial charge in [-0.25, -0.2) is 18.7 Å². The number of halogens is 2. The van der Waals surface area contributed by atoms with Crippen LogP contribution in [0.3, 0.4) is 0 Å². The highest BCUT2D eigenvalue weighted by Crippen LogP contribution is 2.33. The molecule has 0 saturated heterocycles. The van der Waals surface area contributed by atoms with Crippen LogP contribution in [-0.2, 0) is 0 Å². The van der Waals surface area contributed by atoms with Crippen molar-refractivity contribution in [2.45, 2.75) is 6.92 Å². The van der Waals surface area contributed by atoms with Gasteiger partial charge in [-0.3, -0.25) is 0 Å². The van der Waals surface area contributed by atoms with Crippen molar-refractivity contribution in [1.82, 2.24) is 9.97 Å². The van der Waals surface area contributed by atoms with Gasteiger partial charge in [-0.15, -0.1) is 0 Å². The lowest BCUT2D eigenvalue weighted by Gasteiger charge is -2.15. The van der Waals surface area contributed by atoms with Gasteiger partial charge in [0.1, 0.15) is 29.4 Å². The van der Waals surface area contributed by atoms with Crippen LogP contribution in [0.25, 0.3) is 0 Å². The molecule has 8 heteroatoms. The number of nitrogens with one attached hydrogen (secondary N) is 2. The molecule has 0 aliphatic carbocycles. The molecule has 0 spiro atoms. The number of aryl methyl sites for hydroxylation is 1. The Labute approximate surface area is 149 Å². The number of benzene rings is 2. The molecular formula is C18H17F2N5O. The number of anilines is 5. The van der Waals surface area contributed by atoms with Gasteiger partial charge in [-0.1, -0.05) is 6.07 Å². The van der Waals surface area contributed by atoms with Gasteiger partial charge in [-0.2, -0.15) is 0 Å². The molecule has 134 valence electrons. The highest BCUT2D eigenvalue weighted by atomic mass is 19.1. The summed E-state index contributed by atoms with van der Waals surface area (Å²) in [6.45, 7) is 1.94. The van der Waals surface area contributed by atoms with Crippen LogP contribution in [0, 0.1) is 18.6 Å². The van der Waals surface area contributed by atoms with Gasteiger partial charge in [-0.05, 0) is 36.8 Å². The number of nitrogens with zero attached hydrogens (tertiary/aromatic N) is 2. The van der Waals surface area contributed by atoms with Crippen molar-refractivity contribution < 1.29 is 13.5 Å². The number of nitrogens with two attached hydrogens (primary N) is 1. The van der Waals surface area contributed by atoms with Crippen LogP contribution in [0.1, 0.15) is 5.56 Å². The van der Waals surface area contributed by atoms with Crippen LogP contribution in [0.5, 0.6) is 5.75 Å². The summed E-state index contributed by atoms with van der Waals surface area (Å²) in [5.41, 5.74) is 7.85. The monoisotopic (exact) mass is 357 g/mol. The molecule has 0 unspecified atom stereocenters. The van der Waals surface area contributed by atoms with Crippen molar-refractivity contribution in [3.05, 3.63) is 59.9 Å². The quantitative estimate of drug-likeness (QED) is 0.636. The highest BCUT2D eigenvalue weighted by molar-refractivity contribution is 5.81. The Morgan fingerprint density at radius 3 is 2.35 bits per heavy atom. The fourth-order valence-electron chi connectivity index (χ4n) is 2.36. The third-order valence-electron chi connectivity index (χ3n) is 3.67. The molecule has 2 aromatic carbocycles. The molecule has 6 nitrogen and oxygen atoms in total. The van der Waals surface area contributed by atoms with E-state index in [1.165, 1.54) is 6.33 Å². The van der Waals surface area contributed by atoms with E-state index in [9.17, 15) is 8.78 Å². The lowest BCUT2D eigenvalue weighted by molar-refractivity contribution is 0.416. The zero-order chi connectivity index (χ0) is 18.7. The summed E-state index contributed by atoms with van der Waals surface area (Å²) < 4.78 is 32.5. The fraction of sp³-hybridized carbons (Fsp3) is 0.111. The van der Waals surface area contributed by atoms with E-state index < -0.39 is 11.6 Å². The second kappa shape index (κ2) is 7.22. The first-order chi connectivity index (χ1) is 12.5. The lowest BCUT2D eigenvalue weighted by Crippen LogP contribution is -2.06. The molecule has 0 radical (unpaired) electrons. The summed E-state index contributed by atoms with van der Waals surface area (Å²) >= 11 is 0. The van der Waals surface area contributed by atoms with Crippen molar-refractivity contribution in [2.75, 3.05) is 23.5 Å². The van der Waals surface area contributed by atoms with Crippen LogP contribution in [0.15, 0.2) is 42.7 Å². The number of methoxy groups -OCH3 is 1. The normalized spacial score (nSPS) is 10.5. The Morgan fingerprint density at radius 1 is 0.962 bits per heavy atom. The maximum atomic E-state index is 13.8. The second-order valence-electron chi connectivity index (χ2n) is 5.56. The molecule has 26 heavy (non-hydrogen) atoms. The molecule has 0 atom stereocenters.